The molecule has 0 radical (unpaired) electrons. The van der Waals surface area contributed by atoms with Gasteiger partial charge in [0.05, 0.1) is 11.0 Å². The number of carbonyl (C=O) groups is 1. The van der Waals surface area contributed by atoms with Gasteiger partial charge >= 0.3 is 5.97 Å². The number of benzene rings is 1. The molecule has 1 aliphatic carbocycles. The van der Waals surface area contributed by atoms with E-state index in [1.807, 2.05) is 24.3 Å². The van der Waals surface area contributed by atoms with Gasteiger partial charge in [-0.2, -0.15) is 0 Å². The molecule has 1 aromatic rings. The number of carboxylic acids is 1. The zero-order chi connectivity index (χ0) is 12.7. The van der Waals surface area contributed by atoms with Gasteiger partial charge in [-0.1, -0.05) is 24.3 Å². The lowest BCUT2D eigenvalue weighted by atomic mass is 9.74. The van der Waals surface area contributed by atoms with Crippen molar-refractivity contribution in [1.82, 2.24) is 0 Å². The summed E-state index contributed by atoms with van der Waals surface area (Å²) in [7, 11) is 0. The molecule has 2 N–H and O–H groups in total. The summed E-state index contributed by atoms with van der Waals surface area (Å²) in [4.78, 5) is 11.7. The Hall–Kier alpha value is -1.35. The van der Waals surface area contributed by atoms with Crippen LogP contribution in [0.3, 0.4) is 0 Å². The van der Waals surface area contributed by atoms with Crippen LogP contribution in [0.1, 0.15) is 37.8 Å². The van der Waals surface area contributed by atoms with Gasteiger partial charge in [0.1, 0.15) is 0 Å². The van der Waals surface area contributed by atoms with Crippen LogP contribution in [0.2, 0.25) is 0 Å². The molecule has 0 aromatic heterocycles. The summed E-state index contributed by atoms with van der Waals surface area (Å²) in [6.07, 6.45) is 1.61. The maximum absolute atomic E-state index is 11.7. The molecule has 17 heavy (non-hydrogen) atoms. The summed E-state index contributed by atoms with van der Waals surface area (Å²) in [5.74, 6) is -0.829. The minimum absolute atomic E-state index is 0.256. The van der Waals surface area contributed by atoms with E-state index in [1.165, 1.54) is 0 Å². The molecule has 1 atom stereocenters. The molecule has 1 aromatic carbocycles. The van der Waals surface area contributed by atoms with Gasteiger partial charge in [0.25, 0.3) is 0 Å². The Morgan fingerprint density at radius 2 is 2.06 bits per heavy atom. The molecule has 1 aliphatic rings. The van der Waals surface area contributed by atoms with Crippen LogP contribution in [0.5, 0.6) is 0 Å². The van der Waals surface area contributed by atoms with Gasteiger partial charge in [0.2, 0.25) is 0 Å². The van der Waals surface area contributed by atoms with Crippen LogP contribution in [0.15, 0.2) is 24.3 Å². The average molecular weight is 234 g/mol. The summed E-state index contributed by atoms with van der Waals surface area (Å²) in [5.41, 5.74) is 0.0683. The third-order valence-electron chi connectivity index (χ3n) is 3.50. The monoisotopic (exact) mass is 234 g/mol. The fourth-order valence-corrected chi connectivity index (χ4v) is 2.91. The third kappa shape index (κ3) is 2.07. The molecule has 2 rings (SSSR count). The average Bonchev–Trinajstić information content (AvgIpc) is 2.57. The van der Waals surface area contributed by atoms with E-state index in [9.17, 15) is 15.0 Å². The smallest absolute Gasteiger partial charge is 0.314 e. The quantitative estimate of drug-likeness (QED) is 0.842. The number of fused-ring (bicyclic) bond motifs is 1. The van der Waals surface area contributed by atoms with Crippen molar-refractivity contribution in [3.63, 3.8) is 0 Å². The van der Waals surface area contributed by atoms with Crippen molar-refractivity contribution in [2.45, 2.75) is 44.1 Å². The lowest BCUT2D eigenvalue weighted by molar-refractivity contribution is -0.146. The van der Waals surface area contributed by atoms with Crippen LogP contribution >= 0.6 is 0 Å². The summed E-state index contributed by atoms with van der Waals surface area (Å²) >= 11 is 0. The molecule has 0 fully saturated rings. The van der Waals surface area contributed by atoms with Crippen LogP contribution in [0.25, 0.3) is 0 Å². The van der Waals surface area contributed by atoms with E-state index in [1.54, 1.807) is 13.8 Å². The van der Waals surface area contributed by atoms with Gasteiger partial charge in [0.15, 0.2) is 0 Å². The Labute approximate surface area is 101 Å². The van der Waals surface area contributed by atoms with Crippen LogP contribution in [-0.2, 0) is 16.6 Å². The highest BCUT2D eigenvalue weighted by Gasteiger charge is 2.48. The fourth-order valence-electron chi connectivity index (χ4n) is 2.91. The lowest BCUT2D eigenvalue weighted by Gasteiger charge is -2.31. The van der Waals surface area contributed by atoms with E-state index in [0.717, 1.165) is 17.5 Å². The van der Waals surface area contributed by atoms with Gasteiger partial charge in [-0.3, -0.25) is 4.79 Å². The van der Waals surface area contributed by atoms with E-state index in [0.29, 0.717) is 6.42 Å². The van der Waals surface area contributed by atoms with Crippen LogP contribution in [0.4, 0.5) is 0 Å². The SMILES string of the molecule is CC(C)(O)CC1(C(=O)O)CCc2ccccc21. The van der Waals surface area contributed by atoms with E-state index >= 15 is 0 Å². The molecule has 0 amide bonds. The molecule has 92 valence electrons. The summed E-state index contributed by atoms with van der Waals surface area (Å²) < 4.78 is 0. The van der Waals surface area contributed by atoms with Gasteiger partial charge in [0, 0.05) is 0 Å². The van der Waals surface area contributed by atoms with Gasteiger partial charge < -0.3 is 10.2 Å². The molecule has 0 heterocycles. The Kier molecular flexibility index (Phi) is 2.74. The number of carboxylic acid groups (broad SMARTS) is 1. The van der Waals surface area contributed by atoms with Crippen molar-refractivity contribution < 1.29 is 15.0 Å². The van der Waals surface area contributed by atoms with E-state index in [2.05, 4.69) is 0 Å². The first-order valence-corrected chi connectivity index (χ1v) is 5.89. The van der Waals surface area contributed by atoms with Gasteiger partial charge in [-0.15, -0.1) is 0 Å². The highest BCUT2D eigenvalue weighted by molar-refractivity contribution is 5.83. The van der Waals surface area contributed by atoms with Crippen LogP contribution < -0.4 is 0 Å². The van der Waals surface area contributed by atoms with Crippen molar-refractivity contribution in [1.29, 1.82) is 0 Å². The lowest BCUT2D eigenvalue weighted by Crippen LogP contribution is -2.40. The predicted molar refractivity (Wildman–Crippen MR) is 65.0 cm³/mol. The topological polar surface area (TPSA) is 57.5 Å². The minimum atomic E-state index is -0.976. The van der Waals surface area contributed by atoms with Crippen molar-refractivity contribution in [2.24, 2.45) is 0 Å². The minimum Gasteiger partial charge on any atom is -0.481 e. The highest BCUT2D eigenvalue weighted by Crippen LogP contribution is 2.44. The first-order valence-electron chi connectivity index (χ1n) is 5.89. The second-order valence-corrected chi connectivity index (χ2v) is 5.53. The molecule has 3 nitrogen and oxygen atoms in total. The van der Waals surface area contributed by atoms with Crippen molar-refractivity contribution in [3.8, 4) is 0 Å². The third-order valence-corrected chi connectivity index (χ3v) is 3.50. The Balaban J connectivity index is 2.49. The van der Waals surface area contributed by atoms with Crippen LogP contribution in [0, 0.1) is 0 Å². The molecular formula is C14H18O3. The highest BCUT2D eigenvalue weighted by atomic mass is 16.4. The number of rotatable bonds is 3. The number of hydrogen-bond acceptors (Lipinski definition) is 2. The van der Waals surface area contributed by atoms with Gasteiger partial charge in [-0.25, -0.2) is 0 Å². The molecule has 0 aliphatic heterocycles. The molecule has 1 unspecified atom stereocenters. The largest absolute Gasteiger partial charge is 0.481 e. The molecule has 0 saturated heterocycles. The zero-order valence-corrected chi connectivity index (χ0v) is 10.2. The Morgan fingerprint density at radius 1 is 1.41 bits per heavy atom. The molecule has 0 bridgehead atoms. The second kappa shape index (κ2) is 3.84. The molecule has 3 heteroatoms. The fraction of sp³-hybridized carbons (Fsp3) is 0.500. The molecular weight excluding hydrogens is 216 g/mol. The van der Waals surface area contributed by atoms with Crippen molar-refractivity contribution in [3.05, 3.63) is 35.4 Å². The Morgan fingerprint density at radius 3 is 2.65 bits per heavy atom. The predicted octanol–water partition coefficient (Wildman–Crippen LogP) is 2.12. The summed E-state index contributed by atoms with van der Waals surface area (Å²) in [5, 5.41) is 19.5. The second-order valence-electron chi connectivity index (χ2n) is 5.53. The summed E-state index contributed by atoms with van der Waals surface area (Å²) in [6, 6.07) is 7.65. The van der Waals surface area contributed by atoms with Crippen LogP contribution in [-0.4, -0.2) is 21.8 Å². The normalized spacial score (nSPS) is 23.5. The molecule has 0 saturated carbocycles. The number of aliphatic hydroxyl groups is 1. The maximum Gasteiger partial charge on any atom is 0.314 e. The number of aryl methyl sites for hydroxylation is 1. The first-order chi connectivity index (χ1) is 7.85. The molecule has 0 spiro atoms. The standard InChI is InChI=1S/C14H18O3/c1-13(2,17)9-14(12(15)16)8-7-10-5-3-4-6-11(10)14/h3-6,17H,7-9H2,1-2H3,(H,15,16). The number of hydrogen-bond donors (Lipinski definition) is 2. The van der Waals surface area contributed by atoms with Gasteiger partial charge in [-0.05, 0) is 44.2 Å². The summed E-state index contributed by atoms with van der Waals surface area (Å²) in [6.45, 7) is 3.33. The van der Waals surface area contributed by atoms with E-state index in [-0.39, 0.29) is 6.42 Å². The maximum atomic E-state index is 11.7. The Bertz CT molecular complexity index is 445. The van der Waals surface area contributed by atoms with Crippen molar-refractivity contribution >= 4 is 5.97 Å². The van der Waals surface area contributed by atoms with E-state index in [4.69, 9.17) is 0 Å². The van der Waals surface area contributed by atoms with Crippen molar-refractivity contribution in [2.75, 3.05) is 0 Å². The zero-order valence-electron chi connectivity index (χ0n) is 10.2. The number of aliphatic carboxylic acids is 1. The first kappa shape index (κ1) is 12.1. The van der Waals surface area contributed by atoms with E-state index < -0.39 is 17.0 Å².